The topological polar surface area (TPSA) is 33.1 Å². The van der Waals surface area contributed by atoms with Crippen LogP contribution < -0.4 is 5.32 Å². The molecule has 19 heavy (non-hydrogen) atoms. The van der Waals surface area contributed by atoms with E-state index in [1.165, 1.54) is 0 Å². The fourth-order valence-electron chi connectivity index (χ4n) is 2.93. The normalized spacial score (nSPS) is 14.1. The minimum atomic E-state index is 0.0395. The number of rotatable bonds is 8. The van der Waals surface area contributed by atoms with Gasteiger partial charge in [0.2, 0.25) is 0 Å². The van der Waals surface area contributed by atoms with Crippen molar-refractivity contribution in [3.8, 4) is 0 Å². The Morgan fingerprint density at radius 2 is 1.89 bits per heavy atom. The molecule has 4 nitrogen and oxygen atoms in total. The zero-order valence-electron chi connectivity index (χ0n) is 13.4. The highest BCUT2D eigenvalue weighted by molar-refractivity contribution is 5.08. The van der Waals surface area contributed by atoms with Gasteiger partial charge in [0.25, 0.3) is 0 Å². The molecule has 0 saturated heterocycles. The molecule has 0 aliphatic carbocycles. The molecule has 110 valence electrons. The van der Waals surface area contributed by atoms with Crippen molar-refractivity contribution < 1.29 is 0 Å². The monoisotopic (exact) mass is 266 g/mol. The summed E-state index contributed by atoms with van der Waals surface area (Å²) in [5, 5.41) is 3.62. The summed E-state index contributed by atoms with van der Waals surface area (Å²) in [6.07, 6.45) is 3.97. The summed E-state index contributed by atoms with van der Waals surface area (Å²) in [7, 11) is 0. The molecule has 0 aliphatic rings. The Hall–Kier alpha value is -0.870. The molecular formula is C15H30N4. The molecule has 0 aliphatic heterocycles. The number of nitrogens with zero attached hydrogens (tertiary/aromatic N) is 3. The molecule has 4 heteroatoms. The van der Waals surface area contributed by atoms with Crippen LogP contribution in [0.15, 0.2) is 12.4 Å². The van der Waals surface area contributed by atoms with E-state index in [0.717, 1.165) is 32.0 Å². The van der Waals surface area contributed by atoms with Gasteiger partial charge in [-0.3, -0.25) is 4.90 Å². The van der Waals surface area contributed by atoms with E-state index in [-0.39, 0.29) is 11.6 Å². The third-order valence-electron chi connectivity index (χ3n) is 4.04. The highest BCUT2D eigenvalue weighted by atomic mass is 15.2. The van der Waals surface area contributed by atoms with E-state index >= 15 is 0 Å². The Labute approximate surface area is 118 Å². The summed E-state index contributed by atoms with van der Waals surface area (Å²) in [4.78, 5) is 7.09. The largest absolute Gasteiger partial charge is 0.334 e. The maximum Gasteiger partial charge on any atom is 0.127 e. The lowest BCUT2D eigenvalue weighted by Crippen LogP contribution is -2.53. The fraction of sp³-hybridized carbons (Fsp3) is 0.800. The summed E-state index contributed by atoms with van der Waals surface area (Å²) in [5.41, 5.74) is 0.0395. The molecule has 0 radical (unpaired) electrons. The van der Waals surface area contributed by atoms with Crippen LogP contribution in [0, 0.1) is 0 Å². The average Bonchev–Trinajstić information content (AvgIpc) is 2.84. The van der Waals surface area contributed by atoms with Crippen molar-refractivity contribution in [3.05, 3.63) is 18.2 Å². The molecule has 1 aromatic rings. The first-order chi connectivity index (χ1) is 9.02. The predicted octanol–water partition coefficient (Wildman–Crippen LogP) is 2.67. The number of hydrogen-bond donors (Lipinski definition) is 1. The Morgan fingerprint density at radius 3 is 2.37 bits per heavy atom. The zero-order valence-corrected chi connectivity index (χ0v) is 13.4. The van der Waals surface area contributed by atoms with Gasteiger partial charge in [-0.05, 0) is 40.4 Å². The van der Waals surface area contributed by atoms with Crippen molar-refractivity contribution in [1.29, 1.82) is 0 Å². The Kier molecular flexibility index (Phi) is 6.01. The fourth-order valence-corrected chi connectivity index (χ4v) is 2.93. The molecule has 0 bridgehead atoms. The number of aryl methyl sites for hydroxylation is 1. The summed E-state index contributed by atoms with van der Waals surface area (Å²) >= 11 is 0. The standard InChI is InChI=1S/C15H30N4/c1-7-16-13(14-17-11-12-18(14)8-2)15(5,6)19(9-3)10-4/h11-13,16H,7-10H2,1-6H3. The molecule has 1 aromatic heterocycles. The van der Waals surface area contributed by atoms with Gasteiger partial charge in [-0.1, -0.05) is 20.8 Å². The van der Waals surface area contributed by atoms with Gasteiger partial charge in [0.05, 0.1) is 6.04 Å². The van der Waals surface area contributed by atoms with Crippen LogP contribution in [-0.4, -0.2) is 39.6 Å². The van der Waals surface area contributed by atoms with E-state index < -0.39 is 0 Å². The minimum absolute atomic E-state index is 0.0395. The molecule has 0 fully saturated rings. The Balaban J connectivity index is 3.12. The lowest BCUT2D eigenvalue weighted by atomic mass is 9.91. The van der Waals surface area contributed by atoms with Gasteiger partial charge >= 0.3 is 0 Å². The van der Waals surface area contributed by atoms with Gasteiger partial charge < -0.3 is 9.88 Å². The second-order valence-electron chi connectivity index (χ2n) is 5.39. The maximum atomic E-state index is 4.60. The van der Waals surface area contributed by atoms with Crippen molar-refractivity contribution in [3.63, 3.8) is 0 Å². The first-order valence-corrected chi connectivity index (χ1v) is 7.52. The van der Waals surface area contributed by atoms with Crippen LogP contribution in [0.1, 0.15) is 53.4 Å². The number of imidazole rings is 1. The van der Waals surface area contributed by atoms with Crippen LogP contribution in [0.25, 0.3) is 0 Å². The van der Waals surface area contributed by atoms with Gasteiger partial charge in [-0.15, -0.1) is 0 Å². The number of nitrogens with one attached hydrogen (secondary N) is 1. The van der Waals surface area contributed by atoms with Crippen molar-refractivity contribution >= 4 is 0 Å². The maximum absolute atomic E-state index is 4.60. The zero-order chi connectivity index (χ0) is 14.5. The second kappa shape index (κ2) is 7.06. The molecule has 1 N–H and O–H groups in total. The summed E-state index contributed by atoms with van der Waals surface area (Å²) in [6, 6.07) is 0.243. The van der Waals surface area contributed by atoms with Gasteiger partial charge in [-0.25, -0.2) is 4.98 Å². The number of likely N-dealkylation sites (N-methyl/N-ethyl adjacent to an activating group) is 2. The summed E-state index contributed by atoms with van der Waals surface area (Å²) in [6.45, 7) is 17.4. The molecule has 0 spiro atoms. The highest BCUT2D eigenvalue weighted by Crippen LogP contribution is 2.30. The molecule has 0 saturated carbocycles. The molecule has 0 aromatic carbocycles. The minimum Gasteiger partial charge on any atom is -0.334 e. The first-order valence-electron chi connectivity index (χ1n) is 7.52. The molecular weight excluding hydrogens is 236 g/mol. The van der Waals surface area contributed by atoms with E-state index in [2.05, 4.69) is 67.5 Å². The van der Waals surface area contributed by atoms with Crippen LogP contribution in [0.5, 0.6) is 0 Å². The van der Waals surface area contributed by atoms with Crippen LogP contribution in [-0.2, 0) is 6.54 Å². The number of aromatic nitrogens is 2. The quantitative estimate of drug-likeness (QED) is 0.785. The molecule has 1 atom stereocenters. The second-order valence-corrected chi connectivity index (χ2v) is 5.39. The van der Waals surface area contributed by atoms with Gasteiger partial charge in [0.1, 0.15) is 5.82 Å². The average molecular weight is 266 g/mol. The van der Waals surface area contributed by atoms with Gasteiger partial charge in [-0.2, -0.15) is 0 Å². The van der Waals surface area contributed by atoms with E-state index in [0.29, 0.717) is 0 Å². The number of hydrogen-bond acceptors (Lipinski definition) is 3. The third kappa shape index (κ3) is 3.37. The molecule has 1 heterocycles. The summed E-state index contributed by atoms with van der Waals surface area (Å²) < 4.78 is 2.23. The molecule has 1 rings (SSSR count). The Bertz CT molecular complexity index is 366. The first kappa shape index (κ1) is 16.2. The van der Waals surface area contributed by atoms with Crippen molar-refractivity contribution in [1.82, 2.24) is 19.8 Å². The van der Waals surface area contributed by atoms with Crippen LogP contribution in [0.4, 0.5) is 0 Å². The lowest BCUT2D eigenvalue weighted by Gasteiger charge is -2.43. The lowest BCUT2D eigenvalue weighted by molar-refractivity contribution is 0.0869. The van der Waals surface area contributed by atoms with Crippen molar-refractivity contribution in [2.75, 3.05) is 19.6 Å². The van der Waals surface area contributed by atoms with Crippen LogP contribution >= 0.6 is 0 Å². The SMILES string of the molecule is CCNC(c1nccn1CC)C(C)(C)N(CC)CC. The van der Waals surface area contributed by atoms with Gasteiger partial charge in [0.15, 0.2) is 0 Å². The Morgan fingerprint density at radius 1 is 1.26 bits per heavy atom. The molecule has 0 amide bonds. The van der Waals surface area contributed by atoms with Crippen molar-refractivity contribution in [2.45, 2.75) is 59.7 Å². The van der Waals surface area contributed by atoms with Gasteiger partial charge in [0, 0.05) is 24.5 Å². The van der Waals surface area contributed by atoms with E-state index in [1.807, 2.05) is 6.20 Å². The third-order valence-corrected chi connectivity index (χ3v) is 4.04. The molecule has 1 unspecified atom stereocenters. The van der Waals surface area contributed by atoms with E-state index in [9.17, 15) is 0 Å². The summed E-state index contributed by atoms with van der Waals surface area (Å²) in [5.74, 6) is 1.14. The van der Waals surface area contributed by atoms with E-state index in [4.69, 9.17) is 0 Å². The highest BCUT2D eigenvalue weighted by Gasteiger charge is 2.36. The van der Waals surface area contributed by atoms with Crippen LogP contribution in [0.2, 0.25) is 0 Å². The predicted molar refractivity (Wildman–Crippen MR) is 81.3 cm³/mol. The van der Waals surface area contributed by atoms with Crippen molar-refractivity contribution in [2.24, 2.45) is 0 Å². The van der Waals surface area contributed by atoms with Crippen LogP contribution in [0.3, 0.4) is 0 Å². The smallest absolute Gasteiger partial charge is 0.127 e. The van der Waals surface area contributed by atoms with E-state index in [1.54, 1.807) is 0 Å².